The number of aryl methyl sites for hydroxylation is 1. The van der Waals surface area contributed by atoms with Gasteiger partial charge in [-0.05, 0) is 67.8 Å². The number of anilines is 2. The maximum atomic E-state index is 14.2. The number of allylic oxidation sites excluding steroid dienone is 1. The third-order valence-corrected chi connectivity index (χ3v) is 7.06. The van der Waals surface area contributed by atoms with Crippen molar-refractivity contribution in [2.24, 2.45) is 0 Å². The van der Waals surface area contributed by atoms with E-state index < -0.39 is 6.04 Å². The third-order valence-electron chi connectivity index (χ3n) is 6.18. The number of hydrogen-bond acceptors (Lipinski definition) is 6. The number of aromatic nitrogens is 3. The molecule has 0 spiro atoms. The molecule has 0 bridgehead atoms. The van der Waals surface area contributed by atoms with E-state index in [1.165, 1.54) is 17.8 Å². The molecule has 1 aromatic heterocycles. The number of hydrogen-bond donors (Lipinski definition) is 2. The second-order valence-corrected chi connectivity index (χ2v) is 9.88. The molecule has 1 atom stereocenters. The molecule has 38 heavy (non-hydrogen) atoms. The lowest BCUT2D eigenvalue weighted by Gasteiger charge is -2.28. The molecule has 9 heteroatoms. The summed E-state index contributed by atoms with van der Waals surface area (Å²) in [5.41, 5.74) is 4.41. The molecule has 1 aliphatic rings. The fourth-order valence-corrected chi connectivity index (χ4v) is 5.20. The Kier molecular flexibility index (Phi) is 7.46. The van der Waals surface area contributed by atoms with Gasteiger partial charge in [-0.3, -0.25) is 4.79 Å². The molecule has 0 aliphatic carbocycles. The minimum Gasteiger partial charge on any atom is -0.494 e. The number of ether oxygens (including phenoxy) is 1. The molecular formula is C29H28FN5O2S. The molecule has 0 fully saturated rings. The van der Waals surface area contributed by atoms with E-state index in [1.54, 1.807) is 22.9 Å². The molecule has 1 amide bonds. The Labute approximate surface area is 225 Å². The van der Waals surface area contributed by atoms with Crippen LogP contribution in [0.3, 0.4) is 0 Å². The lowest BCUT2D eigenvalue weighted by atomic mass is 9.95. The summed E-state index contributed by atoms with van der Waals surface area (Å²) in [4.78, 5) is 18.3. The topological polar surface area (TPSA) is 81.1 Å². The van der Waals surface area contributed by atoms with Gasteiger partial charge < -0.3 is 15.4 Å². The van der Waals surface area contributed by atoms with Crippen molar-refractivity contribution in [2.75, 3.05) is 17.2 Å². The van der Waals surface area contributed by atoms with Crippen molar-refractivity contribution in [2.45, 2.75) is 37.7 Å². The second kappa shape index (κ2) is 11.1. The van der Waals surface area contributed by atoms with Gasteiger partial charge in [-0.1, -0.05) is 54.2 Å². The summed E-state index contributed by atoms with van der Waals surface area (Å²) in [5.74, 6) is 1.15. The largest absolute Gasteiger partial charge is 0.494 e. The summed E-state index contributed by atoms with van der Waals surface area (Å²) >= 11 is 1.34. The number of thioether (sulfide) groups is 1. The minimum atomic E-state index is -0.526. The monoisotopic (exact) mass is 529 g/mol. The van der Waals surface area contributed by atoms with Crippen molar-refractivity contribution in [3.8, 4) is 5.75 Å². The second-order valence-electron chi connectivity index (χ2n) is 8.93. The summed E-state index contributed by atoms with van der Waals surface area (Å²) in [6.07, 6.45) is 0. The molecule has 2 N–H and O–H groups in total. The van der Waals surface area contributed by atoms with Gasteiger partial charge in [0.2, 0.25) is 11.1 Å². The van der Waals surface area contributed by atoms with Crippen molar-refractivity contribution < 1.29 is 13.9 Å². The fraction of sp³-hybridized carbons (Fsp3) is 0.207. The quantitative estimate of drug-likeness (QED) is 0.259. The number of benzene rings is 3. The van der Waals surface area contributed by atoms with Crippen LogP contribution >= 0.6 is 11.8 Å². The van der Waals surface area contributed by atoms with Gasteiger partial charge in [-0.2, -0.15) is 4.98 Å². The standard InChI is InChI=1S/C29H28FN5O2S/c1-4-37-23-14-12-20(13-15-23)26-25(27(36)32-22-10-7-8-18(2)16-22)19(3)31-28-33-29(34-35(26)28)38-17-21-9-5-6-11-24(21)30/h5-16,26H,4,17H2,1-3H3,(H,32,36)(H,31,33,34). The zero-order valence-corrected chi connectivity index (χ0v) is 22.2. The van der Waals surface area contributed by atoms with Crippen molar-refractivity contribution in [1.29, 1.82) is 0 Å². The summed E-state index contributed by atoms with van der Waals surface area (Å²) in [7, 11) is 0. The molecule has 1 aliphatic heterocycles. The Morgan fingerprint density at radius 2 is 1.89 bits per heavy atom. The van der Waals surface area contributed by atoms with Gasteiger partial charge in [0.25, 0.3) is 5.91 Å². The first-order chi connectivity index (χ1) is 18.4. The predicted octanol–water partition coefficient (Wildman–Crippen LogP) is 6.34. The Bertz CT molecular complexity index is 1500. The highest BCUT2D eigenvalue weighted by Crippen LogP contribution is 2.37. The fourth-order valence-electron chi connectivity index (χ4n) is 4.39. The predicted molar refractivity (Wildman–Crippen MR) is 148 cm³/mol. The van der Waals surface area contributed by atoms with Crippen LogP contribution in [-0.2, 0) is 10.5 Å². The molecule has 1 unspecified atom stereocenters. The van der Waals surface area contributed by atoms with Crippen LogP contribution in [-0.4, -0.2) is 27.3 Å². The van der Waals surface area contributed by atoms with Crippen LogP contribution < -0.4 is 15.4 Å². The highest BCUT2D eigenvalue weighted by Gasteiger charge is 2.34. The molecule has 7 nitrogen and oxygen atoms in total. The average molecular weight is 530 g/mol. The maximum absolute atomic E-state index is 14.2. The van der Waals surface area contributed by atoms with Gasteiger partial charge in [-0.15, -0.1) is 5.10 Å². The van der Waals surface area contributed by atoms with Gasteiger partial charge in [0.15, 0.2) is 0 Å². The van der Waals surface area contributed by atoms with Gasteiger partial charge in [0.1, 0.15) is 17.6 Å². The van der Waals surface area contributed by atoms with Gasteiger partial charge in [-0.25, -0.2) is 9.07 Å². The van der Waals surface area contributed by atoms with Crippen molar-refractivity contribution in [1.82, 2.24) is 14.8 Å². The Morgan fingerprint density at radius 1 is 1.11 bits per heavy atom. The summed E-state index contributed by atoms with van der Waals surface area (Å²) in [6.45, 7) is 6.33. The first kappa shape index (κ1) is 25.5. The average Bonchev–Trinajstić information content (AvgIpc) is 3.30. The summed E-state index contributed by atoms with van der Waals surface area (Å²) < 4.78 is 21.5. The Hall–Kier alpha value is -4.11. The van der Waals surface area contributed by atoms with Gasteiger partial charge >= 0.3 is 0 Å². The van der Waals surface area contributed by atoms with E-state index in [1.807, 2.05) is 69.3 Å². The first-order valence-electron chi connectivity index (χ1n) is 12.3. The number of carbonyl (C=O) groups is 1. The van der Waals surface area contributed by atoms with Gasteiger partial charge in [0.05, 0.1) is 12.2 Å². The Morgan fingerprint density at radius 3 is 2.63 bits per heavy atom. The zero-order chi connectivity index (χ0) is 26.6. The van der Waals surface area contributed by atoms with Crippen LogP contribution in [0.25, 0.3) is 0 Å². The smallest absolute Gasteiger partial charge is 0.255 e. The molecule has 3 aromatic carbocycles. The van der Waals surface area contributed by atoms with E-state index in [9.17, 15) is 9.18 Å². The molecule has 194 valence electrons. The van der Waals surface area contributed by atoms with E-state index >= 15 is 0 Å². The number of nitrogens with zero attached hydrogens (tertiary/aromatic N) is 3. The molecule has 0 saturated heterocycles. The normalized spacial score (nSPS) is 14.6. The number of halogens is 1. The highest BCUT2D eigenvalue weighted by molar-refractivity contribution is 7.98. The van der Waals surface area contributed by atoms with E-state index in [0.717, 1.165) is 16.9 Å². The van der Waals surface area contributed by atoms with Crippen molar-refractivity contribution in [3.05, 3.63) is 107 Å². The molecule has 0 saturated carbocycles. The number of amides is 1. The van der Waals surface area contributed by atoms with E-state index in [2.05, 4.69) is 15.6 Å². The van der Waals surface area contributed by atoms with Crippen LogP contribution in [0, 0.1) is 12.7 Å². The molecule has 0 radical (unpaired) electrons. The lowest BCUT2D eigenvalue weighted by Crippen LogP contribution is -2.31. The minimum absolute atomic E-state index is 0.235. The van der Waals surface area contributed by atoms with Crippen LogP contribution in [0.4, 0.5) is 16.0 Å². The van der Waals surface area contributed by atoms with Crippen LogP contribution in [0.1, 0.15) is 36.6 Å². The Balaban J connectivity index is 1.49. The number of nitrogens with one attached hydrogen (secondary N) is 2. The molecule has 2 heterocycles. The molecule has 5 rings (SSSR count). The van der Waals surface area contributed by atoms with E-state index in [0.29, 0.717) is 46.0 Å². The van der Waals surface area contributed by atoms with Crippen LogP contribution in [0.2, 0.25) is 0 Å². The summed E-state index contributed by atoms with van der Waals surface area (Å²) in [5, 5.41) is 11.5. The van der Waals surface area contributed by atoms with Crippen LogP contribution in [0.15, 0.2) is 89.2 Å². The maximum Gasteiger partial charge on any atom is 0.255 e. The van der Waals surface area contributed by atoms with Gasteiger partial charge in [0, 0.05) is 17.1 Å². The highest BCUT2D eigenvalue weighted by atomic mass is 32.2. The first-order valence-corrected chi connectivity index (χ1v) is 13.3. The molecular weight excluding hydrogens is 501 g/mol. The van der Waals surface area contributed by atoms with Crippen molar-refractivity contribution in [3.63, 3.8) is 0 Å². The third kappa shape index (κ3) is 5.43. The van der Waals surface area contributed by atoms with Crippen molar-refractivity contribution >= 4 is 29.3 Å². The SMILES string of the molecule is CCOc1ccc(C2C(C(=O)Nc3cccc(C)c3)=C(C)Nc3nc(SCc4ccccc4F)nn32)cc1. The van der Waals surface area contributed by atoms with Crippen LogP contribution in [0.5, 0.6) is 5.75 Å². The number of fused-ring (bicyclic) bond motifs is 1. The number of rotatable bonds is 8. The molecule has 4 aromatic rings. The zero-order valence-electron chi connectivity index (χ0n) is 21.4. The lowest BCUT2D eigenvalue weighted by molar-refractivity contribution is -0.113. The summed E-state index contributed by atoms with van der Waals surface area (Å²) in [6, 6.07) is 21.5. The van der Waals surface area contributed by atoms with E-state index in [-0.39, 0.29) is 11.7 Å². The van der Waals surface area contributed by atoms with E-state index in [4.69, 9.17) is 9.84 Å². The number of carbonyl (C=O) groups excluding carboxylic acids is 1.